The maximum Gasteiger partial charge on any atom is 0.416 e. The van der Waals surface area contributed by atoms with Crippen molar-refractivity contribution in [3.8, 4) is 0 Å². The third kappa shape index (κ3) is 2.91. The van der Waals surface area contributed by atoms with Crippen molar-refractivity contribution in [3.63, 3.8) is 0 Å². The molecule has 0 heterocycles. The van der Waals surface area contributed by atoms with Gasteiger partial charge in [-0.25, -0.2) is 0 Å². The van der Waals surface area contributed by atoms with Gasteiger partial charge in [0.2, 0.25) is 0 Å². The minimum Gasteiger partial charge on any atom is -0.388 e. The van der Waals surface area contributed by atoms with E-state index >= 15 is 0 Å². The first-order valence-electron chi connectivity index (χ1n) is 7.15. The molecule has 2 nitrogen and oxygen atoms in total. The number of hydrogen-bond donors (Lipinski definition) is 1. The van der Waals surface area contributed by atoms with E-state index in [1.165, 1.54) is 6.07 Å². The molecule has 0 saturated carbocycles. The van der Waals surface area contributed by atoms with Crippen molar-refractivity contribution >= 4 is 17.3 Å². The number of benzene rings is 2. The SMILES string of the molecule is CN(c1cc(C(F)(F)F)ccc1Cl)C1CC(O)c2ccccc21. The number of nitrogens with zero attached hydrogens (tertiary/aromatic N) is 1. The van der Waals surface area contributed by atoms with Crippen LogP contribution >= 0.6 is 11.6 Å². The number of rotatable bonds is 2. The average Bonchev–Trinajstić information content (AvgIpc) is 2.84. The van der Waals surface area contributed by atoms with Gasteiger partial charge in [0.15, 0.2) is 0 Å². The second-order valence-corrected chi connectivity index (χ2v) is 6.08. The smallest absolute Gasteiger partial charge is 0.388 e. The molecule has 0 amide bonds. The molecule has 2 aromatic rings. The number of hydrogen-bond acceptors (Lipinski definition) is 2. The van der Waals surface area contributed by atoms with Gasteiger partial charge in [-0.3, -0.25) is 0 Å². The minimum absolute atomic E-state index is 0.220. The third-order valence-corrected chi connectivity index (χ3v) is 4.60. The van der Waals surface area contributed by atoms with Crippen LogP contribution in [0.5, 0.6) is 0 Å². The van der Waals surface area contributed by atoms with Crippen molar-refractivity contribution in [2.75, 3.05) is 11.9 Å². The van der Waals surface area contributed by atoms with Crippen LogP contribution in [0.1, 0.15) is 35.3 Å². The zero-order chi connectivity index (χ0) is 16.8. The highest BCUT2D eigenvalue weighted by molar-refractivity contribution is 6.33. The fourth-order valence-corrected chi connectivity index (χ4v) is 3.33. The van der Waals surface area contributed by atoms with Crippen molar-refractivity contribution in [3.05, 3.63) is 64.2 Å². The van der Waals surface area contributed by atoms with Gasteiger partial charge >= 0.3 is 6.18 Å². The number of aliphatic hydroxyl groups excluding tert-OH is 1. The Hall–Kier alpha value is -1.72. The van der Waals surface area contributed by atoms with Crippen LogP contribution in [0.25, 0.3) is 0 Å². The summed E-state index contributed by atoms with van der Waals surface area (Å²) in [6.07, 6.45) is -4.63. The lowest BCUT2D eigenvalue weighted by Gasteiger charge is -2.29. The van der Waals surface area contributed by atoms with Crippen molar-refractivity contribution in [1.29, 1.82) is 0 Å². The summed E-state index contributed by atoms with van der Waals surface area (Å²) in [7, 11) is 1.70. The van der Waals surface area contributed by atoms with Gasteiger partial charge in [-0.1, -0.05) is 35.9 Å². The molecule has 6 heteroatoms. The van der Waals surface area contributed by atoms with Crippen LogP contribution in [0.2, 0.25) is 5.02 Å². The van der Waals surface area contributed by atoms with Gasteiger partial charge in [0, 0.05) is 13.5 Å². The van der Waals surface area contributed by atoms with Crippen LogP contribution < -0.4 is 4.90 Å². The minimum atomic E-state index is -4.42. The summed E-state index contributed by atoms with van der Waals surface area (Å²) in [6.45, 7) is 0. The van der Waals surface area contributed by atoms with Crippen molar-refractivity contribution in [2.24, 2.45) is 0 Å². The van der Waals surface area contributed by atoms with Crippen LogP contribution in [0, 0.1) is 0 Å². The number of aliphatic hydroxyl groups is 1. The Balaban J connectivity index is 2.00. The predicted octanol–water partition coefficient (Wildman–Crippen LogP) is 4.97. The molecule has 0 radical (unpaired) electrons. The molecule has 0 aliphatic heterocycles. The topological polar surface area (TPSA) is 23.5 Å². The van der Waals surface area contributed by atoms with E-state index in [9.17, 15) is 18.3 Å². The third-order valence-electron chi connectivity index (χ3n) is 4.28. The summed E-state index contributed by atoms with van der Waals surface area (Å²) in [4.78, 5) is 1.70. The van der Waals surface area contributed by atoms with E-state index < -0.39 is 17.8 Å². The molecule has 0 aromatic heterocycles. The van der Waals surface area contributed by atoms with Crippen LogP contribution in [-0.2, 0) is 6.18 Å². The summed E-state index contributed by atoms with van der Waals surface area (Å²) in [6, 6.07) is 10.5. The Morgan fingerprint density at radius 1 is 1.13 bits per heavy atom. The second-order valence-electron chi connectivity index (χ2n) is 5.67. The van der Waals surface area contributed by atoms with E-state index in [-0.39, 0.29) is 11.1 Å². The molecular formula is C17H15ClF3NO. The van der Waals surface area contributed by atoms with Crippen LogP contribution in [0.15, 0.2) is 42.5 Å². The molecule has 0 spiro atoms. The molecule has 0 bridgehead atoms. The van der Waals surface area contributed by atoms with Crippen LogP contribution in [0.3, 0.4) is 0 Å². The summed E-state index contributed by atoms with van der Waals surface area (Å²) in [5.74, 6) is 0. The molecule has 1 aliphatic rings. The Morgan fingerprint density at radius 3 is 2.43 bits per heavy atom. The van der Waals surface area contributed by atoms with E-state index in [0.29, 0.717) is 12.1 Å². The van der Waals surface area contributed by atoms with Gasteiger partial charge in [0.1, 0.15) is 0 Å². The maximum absolute atomic E-state index is 12.9. The quantitative estimate of drug-likeness (QED) is 0.833. The Kier molecular flexibility index (Phi) is 4.02. The van der Waals surface area contributed by atoms with Gasteiger partial charge in [-0.15, -0.1) is 0 Å². The van der Waals surface area contributed by atoms with Crippen molar-refractivity contribution in [1.82, 2.24) is 0 Å². The molecule has 2 atom stereocenters. The average molecular weight is 342 g/mol. The zero-order valence-electron chi connectivity index (χ0n) is 12.3. The van der Waals surface area contributed by atoms with E-state index in [0.717, 1.165) is 23.3 Å². The molecule has 2 aromatic carbocycles. The lowest BCUT2D eigenvalue weighted by molar-refractivity contribution is -0.137. The molecule has 0 fully saturated rings. The lowest BCUT2D eigenvalue weighted by Crippen LogP contribution is -2.23. The maximum atomic E-state index is 12.9. The van der Waals surface area contributed by atoms with Crippen molar-refractivity contribution in [2.45, 2.75) is 24.7 Å². The van der Waals surface area contributed by atoms with Gasteiger partial charge in [0.25, 0.3) is 0 Å². The Bertz CT molecular complexity index is 732. The summed E-state index contributed by atoms with van der Waals surface area (Å²) in [5, 5.41) is 10.4. The summed E-state index contributed by atoms with van der Waals surface area (Å²) < 4.78 is 38.8. The van der Waals surface area contributed by atoms with Crippen LogP contribution in [0.4, 0.5) is 18.9 Å². The van der Waals surface area contributed by atoms with E-state index in [1.807, 2.05) is 24.3 Å². The largest absolute Gasteiger partial charge is 0.416 e. The Labute approximate surface area is 137 Å². The number of alkyl halides is 3. The highest BCUT2D eigenvalue weighted by atomic mass is 35.5. The number of halogens is 4. The molecule has 122 valence electrons. The van der Waals surface area contributed by atoms with Gasteiger partial charge in [-0.05, 0) is 29.3 Å². The molecule has 1 aliphatic carbocycles. The van der Waals surface area contributed by atoms with Gasteiger partial charge in [-0.2, -0.15) is 13.2 Å². The van der Waals surface area contributed by atoms with Crippen LogP contribution in [-0.4, -0.2) is 12.2 Å². The van der Waals surface area contributed by atoms with E-state index in [2.05, 4.69) is 0 Å². The lowest BCUT2D eigenvalue weighted by atomic mass is 10.1. The normalized spacial score (nSPS) is 20.4. The van der Waals surface area contributed by atoms with Crippen molar-refractivity contribution < 1.29 is 18.3 Å². The predicted molar refractivity (Wildman–Crippen MR) is 83.6 cm³/mol. The standard InChI is InChI=1S/C17H15ClF3NO/c1-22(14-9-16(23)12-5-3-2-4-11(12)14)15-8-10(17(19,20)21)6-7-13(15)18/h2-8,14,16,23H,9H2,1H3. The summed E-state index contributed by atoms with van der Waals surface area (Å²) >= 11 is 6.11. The monoisotopic (exact) mass is 341 g/mol. The molecule has 1 N–H and O–H groups in total. The molecule has 23 heavy (non-hydrogen) atoms. The fraction of sp³-hybridized carbons (Fsp3) is 0.294. The highest BCUT2D eigenvalue weighted by Crippen LogP contribution is 2.45. The van der Waals surface area contributed by atoms with Gasteiger partial charge < -0.3 is 10.0 Å². The summed E-state index contributed by atoms with van der Waals surface area (Å²) in [5.41, 5.74) is 1.29. The zero-order valence-corrected chi connectivity index (χ0v) is 13.1. The van der Waals surface area contributed by atoms with Gasteiger partial charge in [0.05, 0.1) is 28.4 Å². The fourth-order valence-electron chi connectivity index (χ4n) is 3.08. The first kappa shape index (κ1) is 16.1. The van der Waals surface area contributed by atoms with E-state index in [4.69, 9.17) is 11.6 Å². The molecule has 2 unspecified atom stereocenters. The first-order valence-corrected chi connectivity index (χ1v) is 7.53. The Morgan fingerprint density at radius 2 is 1.78 bits per heavy atom. The molecule has 0 saturated heterocycles. The highest BCUT2D eigenvalue weighted by Gasteiger charge is 2.35. The molecular weight excluding hydrogens is 327 g/mol. The molecule has 3 rings (SSSR count). The number of fused-ring (bicyclic) bond motifs is 1. The number of anilines is 1. The second kappa shape index (κ2) is 5.73. The first-order chi connectivity index (χ1) is 10.8. The van der Waals surface area contributed by atoms with E-state index in [1.54, 1.807) is 11.9 Å².